The molecule has 0 fully saturated rings. The van der Waals surface area contributed by atoms with Crippen molar-refractivity contribution in [2.24, 2.45) is 0 Å². The van der Waals surface area contributed by atoms with Crippen LogP contribution in [0.2, 0.25) is 0 Å². The highest BCUT2D eigenvalue weighted by molar-refractivity contribution is 5.83. The van der Waals surface area contributed by atoms with Crippen molar-refractivity contribution in [1.29, 1.82) is 0 Å². The van der Waals surface area contributed by atoms with E-state index in [1.165, 1.54) is 24.3 Å². The van der Waals surface area contributed by atoms with Crippen LogP contribution in [0.4, 0.5) is 13.2 Å². The normalized spacial score (nSPS) is 11.6. The van der Waals surface area contributed by atoms with Gasteiger partial charge in [0.15, 0.2) is 0 Å². The fraction of sp³-hybridized carbons (Fsp3) is 0.200. The molecule has 0 amide bonds. The Balaban J connectivity index is 1.79. The lowest BCUT2D eigenvalue weighted by Crippen LogP contribution is -2.12. The summed E-state index contributed by atoms with van der Waals surface area (Å²) < 4.78 is 48.5. The smallest absolute Gasteiger partial charge is 0.416 e. The topological polar surface area (TPSA) is 56.5 Å². The monoisotopic (exact) mass is 376 g/mol. The van der Waals surface area contributed by atoms with Gasteiger partial charge in [-0.1, -0.05) is 25.1 Å². The quantitative estimate of drug-likeness (QED) is 0.382. The number of rotatable bonds is 4. The molecule has 0 unspecified atom stereocenters. The molecule has 0 aliphatic heterocycles. The van der Waals surface area contributed by atoms with Gasteiger partial charge in [-0.3, -0.25) is 4.79 Å². The standard InChI is InChI=1S/C20H15F3O4/c1-2-13-10-19(25)27-17-11-15(6-7-16(13)17)26-18(24)9-12-4-3-5-14(8-12)20(21,22)23/h3-8,10-11H,2,9H2,1H3. The molecule has 0 saturated heterocycles. The van der Waals surface area contributed by atoms with Gasteiger partial charge in [-0.05, 0) is 35.7 Å². The minimum absolute atomic E-state index is 0.149. The maximum Gasteiger partial charge on any atom is 0.416 e. The fourth-order valence-corrected chi connectivity index (χ4v) is 2.76. The molecule has 27 heavy (non-hydrogen) atoms. The van der Waals surface area contributed by atoms with E-state index in [1.54, 1.807) is 12.1 Å². The van der Waals surface area contributed by atoms with Crippen molar-refractivity contribution in [3.8, 4) is 5.75 Å². The molecule has 0 spiro atoms. The zero-order chi connectivity index (χ0) is 19.6. The number of carbonyl (C=O) groups excluding carboxylic acids is 1. The van der Waals surface area contributed by atoms with Crippen LogP contribution in [0.15, 0.2) is 57.7 Å². The molecule has 0 saturated carbocycles. The van der Waals surface area contributed by atoms with Crippen LogP contribution in [-0.4, -0.2) is 5.97 Å². The first-order chi connectivity index (χ1) is 12.8. The minimum atomic E-state index is -4.48. The summed E-state index contributed by atoms with van der Waals surface area (Å²) in [6, 6.07) is 10.5. The third kappa shape index (κ3) is 4.36. The van der Waals surface area contributed by atoms with Crippen LogP contribution in [0.5, 0.6) is 5.75 Å². The Labute approximate surface area is 152 Å². The molecule has 0 bridgehead atoms. The van der Waals surface area contributed by atoms with Gasteiger partial charge in [-0.2, -0.15) is 13.2 Å². The van der Waals surface area contributed by atoms with Crippen LogP contribution in [-0.2, 0) is 23.8 Å². The number of aryl methyl sites for hydroxylation is 1. The van der Waals surface area contributed by atoms with Crippen LogP contribution in [0.25, 0.3) is 11.0 Å². The summed E-state index contributed by atoms with van der Waals surface area (Å²) in [6.07, 6.45) is -4.16. The first-order valence-electron chi connectivity index (χ1n) is 8.20. The molecule has 1 aromatic heterocycles. The Morgan fingerprint density at radius 3 is 2.59 bits per heavy atom. The lowest BCUT2D eigenvalue weighted by molar-refractivity contribution is -0.138. The molecule has 0 aliphatic carbocycles. The van der Waals surface area contributed by atoms with E-state index < -0.39 is 23.3 Å². The number of ether oxygens (including phenoxy) is 1. The predicted molar refractivity (Wildman–Crippen MR) is 92.6 cm³/mol. The Hall–Kier alpha value is -3.09. The van der Waals surface area contributed by atoms with E-state index in [0.717, 1.165) is 23.1 Å². The SMILES string of the molecule is CCc1cc(=O)oc2cc(OC(=O)Cc3cccc(C(F)(F)F)c3)ccc12. The fourth-order valence-electron chi connectivity index (χ4n) is 2.76. The van der Waals surface area contributed by atoms with Gasteiger partial charge in [0.2, 0.25) is 0 Å². The van der Waals surface area contributed by atoms with Crippen LogP contribution in [0, 0.1) is 0 Å². The number of alkyl halides is 3. The lowest BCUT2D eigenvalue weighted by Gasteiger charge is -2.09. The van der Waals surface area contributed by atoms with E-state index in [4.69, 9.17) is 9.15 Å². The van der Waals surface area contributed by atoms with Crippen molar-refractivity contribution in [3.63, 3.8) is 0 Å². The van der Waals surface area contributed by atoms with E-state index in [0.29, 0.717) is 6.42 Å². The van der Waals surface area contributed by atoms with Gasteiger partial charge in [0, 0.05) is 17.5 Å². The van der Waals surface area contributed by atoms with Gasteiger partial charge in [-0.15, -0.1) is 0 Å². The molecule has 7 heteroatoms. The number of halogens is 3. The minimum Gasteiger partial charge on any atom is -0.426 e. The van der Waals surface area contributed by atoms with Gasteiger partial charge >= 0.3 is 17.8 Å². The van der Waals surface area contributed by atoms with Crippen molar-refractivity contribution in [3.05, 3.63) is 75.6 Å². The molecule has 140 valence electrons. The van der Waals surface area contributed by atoms with E-state index in [-0.39, 0.29) is 23.3 Å². The summed E-state index contributed by atoms with van der Waals surface area (Å²) in [7, 11) is 0. The molecule has 4 nitrogen and oxygen atoms in total. The average molecular weight is 376 g/mol. The van der Waals surface area contributed by atoms with Gasteiger partial charge in [0.1, 0.15) is 11.3 Å². The summed E-state index contributed by atoms with van der Waals surface area (Å²) in [4.78, 5) is 23.7. The molecule has 0 N–H and O–H groups in total. The number of benzene rings is 2. The molecule has 0 radical (unpaired) electrons. The number of hydrogen-bond acceptors (Lipinski definition) is 4. The zero-order valence-corrected chi connectivity index (χ0v) is 14.3. The number of carbonyl (C=O) groups is 1. The highest BCUT2D eigenvalue weighted by atomic mass is 19.4. The van der Waals surface area contributed by atoms with Gasteiger partial charge in [-0.25, -0.2) is 4.79 Å². The maximum absolute atomic E-state index is 12.7. The summed E-state index contributed by atoms with van der Waals surface area (Å²) in [5.41, 5.74) is -0.0543. The second kappa shape index (κ2) is 7.26. The van der Waals surface area contributed by atoms with E-state index in [9.17, 15) is 22.8 Å². The molecular weight excluding hydrogens is 361 g/mol. The third-order valence-corrected chi connectivity index (χ3v) is 4.02. The first-order valence-corrected chi connectivity index (χ1v) is 8.20. The van der Waals surface area contributed by atoms with Crippen LogP contribution in [0.3, 0.4) is 0 Å². The highest BCUT2D eigenvalue weighted by Crippen LogP contribution is 2.30. The van der Waals surface area contributed by atoms with Crippen LogP contribution >= 0.6 is 0 Å². The van der Waals surface area contributed by atoms with Crippen molar-refractivity contribution < 1.29 is 27.1 Å². The van der Waals surface area contributed by atoms with E-state index in [2.05, 4.69) is 0 Å². The number of esters is 1. The molecule has 1 heterocycles. The summed E-state index contributed by atoms with van der Waals surface area (Å²) >= 11 is 0. The molecule has 2 aromatic carbocycles. The lowest BCUT2D eigenvalue weighted by atomic mass is 10.1. The third-order valence-electron chi connectivity index (χ3n) is 4.02. The predicted octanol–water partition coefficient (Wildman–Crippen LogP) is 4.52. The second-order valence-corrected chi connectivity index (χ2v) is 5.95. The van der Waals surface area contributed by atoms with Crippen LogP contribution < -0.4 is 10.4 Å². The summed E-state index contributed by atoms with van der Waals surface area (Å²) in [5.74, 6) is -0.571. The van der Waals surface area contributed by atoms with E-state index in [1.807, 2.05) is 6.92 Å². The largest absolute Gasteiger partial charge is 0.426 e. The molecule has 0 aliphatic rings. The Morgan fingerprint density at radius 2 is 1.89 bits per heavy atom. The first kappa shape index (κ1) is 18.7. The molecular formula is C20H15F3O4. The molecule has 0 atom stereocenters. The van der Waals surface area contributed by atoms with Gasteiger partial charge in [0.05, 0.1) is 12.0 Å². The Morgan fingerprint density at radius 1 is 1.11 bits per heavy atom. The Kier molecular flexibility index (Phi) is 5.03. The molecule has 3 aromatic rings. The summed E-state index contributed by atoms with van der Waals surface area (Å²) in [6.45, 7) is 1.90. The summed E-state index contributed by atoms with van der Waals surface area (Å²) in [5, 5.41) is 0.731. The number of fused-ring (bicyclic) bond motifs is 1. The zero-order valence-electron chi connectivity index (χ0n) is 14.3. The van der Waals surface area contributed by atoms with Gasteiger partial charge in [0.25, 0.3) is 0 Å². The van der Waals surface area contributed by atoms with E-state index >= 15 is 0 Å². The van der Waals surface area contributed by atoms with Crippen molar-refractivity contribution in [1.82, 2.24) is 0 Å². The average Bonchev–Trinajstić information content (AvgIpc) is 2.60. The number of hydrogen-bond donors (Lipinski definition) is 0. The highest BCUT2D eigenvalue weighted by Gasteiger charge is 2.30. The molecule has 3 rings (SSSR count). The maximum atomic E-state index is 12.7. The Bertz CT molecular complexity index is 1050. The van der Waals surface area contributed by atoms with Crippen molar-refractivity contribution >= 4 is 16.9 Å². The van der Waals surface area contributed by atoms with Crippen LogP contribution in [0.1, 0.15) is 23.6 Å². The van der Waals surface area contributed by atoms with Gasteiger partial charge < -0.3 is 9.15 Å². The van der Waals surface area contributed by atoms with Crippen molar-refractivity contribution in [2.45, 2.75) is 25.9 Å². The second-order valence-electron chi connectivity index (χ2n) is 5.95. The van der Waals surface area contributed by atoms with Crippen molar-refractivity contribution in [2.75, 3.05) is 0 Å².